The average molecular weight is 382 g/mol. The highest BCUT2D eigenvalue weighted by Crippen LogP contribution is 2.26. The van der Waals surface area contributed by atoms with Crippen molar-refractivity contribution in [2.75, 3.05) is 19.6 Å². The topological polar surface area (TPSA) is 67.6 Å². The van der Waals surface area contributed by atoms with Crippen LogP contribution in [0.15, 0.2) is 54.6 Å². The maximum absolute atomic E-state index is 12.5. The lowest BCUT2D eigenvalue weighted by Gasteiger charge is -2.17. The van der Waals surface area contributed by atoms with Gasteiger partial charge in [-0.2, -0.15) is 0 Å². The van der Waals surface area contributed by atoms with Crippen molar-refractivity contribution in [3.05, 3.63) is 71.3 Å². The van der Waals surface area contributed by atoms with E-state index in [1.54, 1.807) is 0 Å². The van der Waals surface area contributed by atoms with Crippen LogP contribution in [0.3, 0.4) is 0 Å². The van der Waals surface area contributed by atoms with Gasteiger partial charge in [0.25, 0.3) is 0 Å². The first-order valence-corrected chi connectivity index (χ1v) is 10.0. The van der Waals surface area contributed by atoms with E-state index < -0.39 is 0 Å². The minimum absolute atomic E-state index is 0.0282. The van der Waals surface area contributed by atoms with Crippen LogP contribution in [0.1, 0.15) is 36.5 Å². The third kappa shape index (κ3) is 5.64. The molecule has 0 spiro atoms. The molecule has 1 aliphatic heterocycles. The predicted molar refractivity (Wildman–Crippen MR) is 112 cm³/mol. The van der Waals surface area contributed by atoms with E-state index in [0.717, 1.165) is 24.2 Å². The van der Waals surface area contributed by atoms with E-state index in [1.807, 2.05) is 56.3 Å². The second-order valence-electron chi connectivity index (χ2n) is 7.78. The molecular formula is C23H31N3O2. The number of amides is 1. The molecule has 0 unspecified atom stereocenters. The third-order valence-electron chi connectivity index (χ3n) is 5.20. The Bertz CT molecular complexity index is 763. The van der Waals surface area contributed by atoms with E-state index in [2.05, 4.69) is 22.3 Å². The molecule has 1 fully saturated rings. The monoisotopic (exact) mass is 381 g/mol. The van der Waals surface area contributed by atoms with Crippen LogP contribution in [0.5, 0.6) is 0 Å². The first-order chi connectivity index (χ1) is 13.5. The summed E-state index contributed by atoms with van der Waals surface area (Å²) in [5.41, 5.74) is 9.79. The number of hydrogen-bond acceptors (Lipinski definition) is 4. The van der Waals surface area contributed by atoms with Gasteiger partial charge >= 0.3 is 0 Å². The molecule has 2 aromatic rings. The van der Waals surface area contributed by atoms with Crippen molar-refractivity contribution >= 4 is 5.91 Å². The van der Waals surface area contributed by atoms with Crippen molar-refractivity contribution in [3.63, 3.8) is 0 Å². The van der Waals surface area contributed by atoms with E-state index >= 15 is 0 Å². The molecular weight excluding hydrogens is 350 g/mol. The minimum atomic E-state index is 0.0282. The highest BCUT2D eigenvalue weighted by Gasteiger charge is 2.31. The Morgan fingerprint density at radius 2 is 1.79 bits per heavy atom. The number of nitrogens with zero attached hydrogens (tertiary/aromatic N) is 1. The summed E-state index contributed by atoms with van der Waals surface area (Å²) in [6, 6.07) is 18.5. The van der Waals surface area contributed by atoms with Crippen LogP contribution in [-0.2, 0) is 22.7 Å². The lowest BCUT2D eigenvalue weighted by atomic mass is 9.95. The molecule has 28 heavy (non-hydrogen) atoms. The molecule has 2 atom stereocenters. The van der Waals surface area contributed by atoms with E-state index in [1.165, 1.54) is 5.56 Å². The van der Waals surface area contributed by atoms with E-state index in [4.69, 9.17) is 10.5 Å². The molecule has 2 aromatic carbocycles. The molecule has 0 aliphatic carbocycles. The highest BCUT2D eigenvalue weighted by atomic mass is 16.5. The zero-order valence-electron chi connectivity index (χ0n) is 16.8. The molecule has 1 saturated heterocycles. The van der Waals surface area contributed by atoms with Gasteiger partial charge in [0.05, 0.1) is 19.3 Å². The average Bonchev–Trinajstić information content (AvgIpc) is 3.06. The van der Waals surface area contributed by atoms with Crippen LogP contribution in [0.4, 0.5) is 0 Å². The largest absolute Gasteiger partial charge is 0.374 e. The van der Waals surface area contributed by atoms with Crippen molar-refractivity contribution in [2.24, 2.45) is 5.73 Å². The van der Waals surface area contributed by atoms with Crippen LogP contribution in [0, 0.1) is 0 Å². The summed E-state index contributed by atoms with van der Waals surface area (Å²) < 4.78 is 5.71. The number of nitrogens with one attached hydrogen (secondary N) is 1. The molecule has 1 heterocycles. The molecule has 0 aromatic heterocycles. The van der Waals surface area contributed by atoms with Gasteiger partial charge in [-0.15, -0.1) is 0 Å². The molecule has 1 aliphatic rings. The van der Waals surface area contributed by atoms with Crippen molar-refractivity contribution in [3.8, 4) is 0 Å². The van der Waals surface area contributed by atoms with Gasteiger partial charge in [0.15, 0.2) is 0 Å². The summed E-state index contributed by atoms with van der Waals surface area (Å²) in [6.45, 7) is 7.05. The van der Waals surface area contributed by atoms with Crippen LogP contribution < -0.4 is 11.1 Å². The molecule has 0 radical (unpaired) electrons. The van der Waals surface area contributed by atoms with Crippen LogP contribution in [0.2, 0.25) is 0 Å². The smallest absolute Gasteiger partial charge is 0.234 e. The van der Waals surface area contributed by atoms with Crippen molar-refractivity contribution in [2.45, 2.75) is 45.1 Å². The zero-order chi connectivity index (χ0) is 19.9. The van der Waals surface area contributed by atoms with Gasteiger partial charge in [-0.05, 0) is 30.5 Å². The Labute approximate surface area is 167 Å². The zero-order valence-corrected chi connectivity index (χ0v) is 16.8. The summed E-state index contributed by atoms with van der Waals surface area (Å²) >= 11 is 0. The molecule has 0 saturated carbocycles. The number of likely N-dealkylation sites (tertiary alicyclic amines) is 1. The summed E-state index contributed by atoms with van der Waals surface area (Å²) in [4.78, 5) is 14.6. The molecule has 0 bridgehead atoms. The number of benzene rings is 2. The van der Waals surface area contributed by atoms with E-state index in [9.17, 15) is 4.79 Å². The van der Waals surface area contributed by atoms with Gasteiger partial charge in [0.2, 0.25) is 5.91 Å². The Morgan fingerprint density at radius 1 is 1.11 bits per heavy atom. The lowest BCUT2D eigenvalue weighted by Crippen LogP contribution is -2.37. The number of carbonyl (C=O) groups excluding carboxylic acids is 1. The fourth-order valence-corrected chi connectivity index (χ4v) is 3.68. The maximum Gasteiger partial charge on any atom is 0.234 e. The van der Waals surface area contributed by atoms with Crippen molar-refractivity contribution < 1.29 is 9.53 Å². The molecule has 1 amide bonds. The van der Waals surface area contributed by atoms with Crippen LogP contribution >= 0.6 is 0 Å². The first kappa shape index (κ1) is 20.5. The van der Waals surface area contributed by atoms with E-state index in [0.29, 0.717) is 19.7 Å². The molecule has 3 rings (SSSR count). The third-order valence-corrected chi connectivity index (χ3v) is 5.20. The Kier molecular flexibility index (Phi) is 7.20. The van der Waals surface area contributed by atoms with Gasteiger partial charge in [-0.25, -0.2) is 0 Å². The number of rotatable bonds is 8. The lowest BCUT2D eigenvalue weighted by molar-refractivity contribution is -0.122. The molecule has 5 nitrogen and oxygen atoms in total. The van der Waals surface area contributed by atoms with Crippen LogP contribution in [0.25, 0.3) is 0 Å². The molecule has 3 N–H and O–H groups in total. The summed E-state index contributed by atoms with van der Waals surface area (Å²) in [7, 11) is 0. The normalized spacial score (nSPS) is 19.9. The van der Waals surface area contributed by atoms with Gasteiger partial charge in [0, 0.05) is 31.6 Å². The number of carbonyl (C=O) groups is 1. The summed E-state index contributed by atoms with van der Waals surface area (Å²) in [5.74, 6) is 0.309. The van der Waals surface area contributed by atoms with E-state index in [-0.39, 0.29) is 24.0 Å². The maximum atomic E-state index is 12.5. The number of hydrogen-bond donors (Lipinski definition) is 2. The second kappa shape index (κ2) is 9.82. The van der Waals surface area contributed by atoms with Crippen molar-refractivity contribution in [1.82, 2.24) is 10.2 Å². The predicted octanol–water partition coefficient (Wildman–Crippen LogP) is 2.65. The van der Waals surface area contributed by atoms with Gasteiger partial charge in [0.1, 0.15) is 0 Å². The highest BCUT2D eigenvalue weighted by molar-refractivity contribution is 5.78. The minimum Gasteiger partial charge on any atom is -0.374 e. The standard InChI is InChI=1S/C23H31N3O2/c1-17(2)28-16-20-11-7-6-10-19(20)12-25-23(27)15-26-13-21(22(24)14-26)18-8-4-3-5-9-18/h3-11,17,21-22H,12-16,24H2,1-2H3,(H,25,27)/t21-,22+/m0/s1. The Hall–Kier alpha value is -2.21. The van der Waals surface area contributed by atoms with Gasteiger partial charge < -0.3 is 15.8 Å². The van der Waals surface area contributed by atoms with Gasteiger partial charge in [-0.1, -0.05) is 54.6 Å². The Morgan fingerprint density at radius 3 is 2.50 bits per heavy atom. The summed E-state index contributed by atoms with van der Waals surface area (Å²) in [5, 5.41) is 3.05. The molecule has 5 heteroatoms. The Balaban J connectivity index is 1.50. The molecule has 150 valence electrons. The fraction of sp³-hybridized carbons (Fsp3) is 0.435. The quantitative estimate of drug-likeness (QED) is 0.738. The SMILES string of the molecule is CC(C)OCc1ccccc1CNC(=O)CN1C[C@@H](N)[C@H](c2ccccc2)C1. The van der Waals surface area contributed by atoms with Crippen molar-refractivity contribution in [1.29, 1.82) is 0 Å². The summed E-state index contributed by atoms with van der Waals surface area (Å²) in [6.07, 6.45) is 0.180. The first-order valence-electron chi connectivity index (χ1n) is 10.0. The fourth-order valence-electron chi connectivity index (χ4n) is 3.68. The number of nitrogens with two attached hydrogens (primary N) is 1. The second-order valence-corrected chi connectivity index (χ2v) is 7.78. The van der Waals surface area contributed by atoms with Crippen LogP contribution in [-0.4, -0.2) is 42.6 Å². The van der Waals surface area contributed by atoms with Gasteiger partial charge in [-0.3, -0.25) is 9.69 Å². The number of ether oxygens (including phenoxy) is 1.